The standard InChI is InChI=1S/C11H15N3O2/c1-3-4-16-11-5-10-12-6-9(7-15)8(2)14(10)13-11/h5-6,15H,3-4,7H2,1-2H3. The highest BCUT2D eigenvalue weighted by atomic mass is 16.5. The van der Waals surface area contributed by atoms with E-state index >= 15 is 0 Å². The number of aromatic nitrogens is 3. The van der Waals surface area contributed by atoms with Gasteiger partial charge in [0.25, 0.3) is 0 Å². The fourth-order valence-electron chi connectivity index (χ4n) is 1.49. The van der Waals surface area contributed by atoms with Gasteiger partial charge in [0.1, 0.15) is 0 Å². The summed E-state index contributed by atoms with van der Waals surface area (Å²) < 4.78 is 7.13. The summed E-state index contributed by atoms with van der Waals surface area (Å²) in [6.07, 6.45) is 2.61. The smallest absolute Gasteiger partial charge is 0.235 e. The summed E-state index contributed by atoms with van der Waals surface area (Å²) in [6, 6.07) is 1.80. The van der Waals surface area contributed by atoms with Crippen LogP contribution in [0.25, 0.3) is 5.65 Å². The molecule has 0 aliphatic rings. The van der Waals surface area contributed by atoms with Crippen LogP contribution in [0.5, 0.6) is 5.88 Å². The molecule has 0 aliphatic carbocycles. The number of hydrogen-bond acceptors (Lipinski definition) is 4. The molecule has 0 atom stereocenters. The van der Waals surface area contributed by atoms with Crippen LogP contribution >= 0.6 is 0 Å². The van der Waals surface area contributed by atoms with Crippen LogP contribution in [0.2, 0.25) is 0 Å². The largest absolute Gasteiger partial charge is 0.477 e. The zero-order valence-electron chi connectivity index (χ0n) is 9.47. The second-order valence-corrected chi connectivity index (χ2v) is 3.63. The highest BCUT2D eigenvalue weighted by Gasteiger charge is 2.08. The fraction of sp³-hybridized carbons (Fsp3) is 0.455. The molecule has 0 amide bonds. The summed E-state index contributed by atoms with van der Waals surface area (Å²) >= 11 is 0. The maximum atomic E-state index is 9.11. The molecule has 0 aromatic carbocycles. The predicted molar refractivity (Wildman–Crippen MR) is 59.4 cm³/mol. The minimum absolute atomic E-state index is 0.0280. The lowest BCUT2D eigenvalue weighted by Gasteiger charge is -2.03. The van der Waals surface area contributed by atoms with Crippen LogP contribution in [-0.2, 0) is 6.61 Å². The second kappa shape index (κ2) is 4.49. The van der Waals surface area contributed by atoms with Crippen molar-refractivity contribution in [2.45, 2.75) is 26.9 Å². The van der Waals surface area contributed by atoms with E-state index in [1.807, 2.05) is 13.8 Å². The number of aliphatic hydroxyl groups is 1. The van der Waals surface area contributed by atoms with Crippen molar-refractivity contribution in [2.75, 3.05) is 6.61 Å². The zero-order valence-corrected chi connectivity index (χ0v) is 9.47. The topological polar surface area (TPSA) is 59.7 Å². The Hall–Kier alpha value is -1.62. The molecule has 0 bridgehead atoms. The Bertz CT molecular complexity index is 493. The summed E-state index contributed by atoms with van der Waals surface area (Å²) in [6.45, 7) is 4.57. The molecule has 0 saturated heterocycles. The second-order valence-electron chi connectivity index (χ2n) is 3.63. The average Bonchev–Trinajstić information content (AvgIpc) is 2.71. The first-order valence-electron chi connectivity index (χ1n) is 5.34. The zero-order chi connectivity index (χ0) is 11.5. The number of nitrogens with zero attached hydrogens (tertiary/aromatic N) is 3. The van der Waals surface area contributed by atoms with E-state index in [0.29, 0.717) is 12.5 Å². The molecule has 2 aromatic heterocycles. The normalized spacial score (nSPS) is 10.9. The van der Waals surface area contributed by atoms with E-state index < -0.39 is 0 Å². The molecule has 2 rings (SSSR count). The van der Waals surface area contributed by atoms with Gasteiger partial charge in [-0.1, -0.05) is 6.92 Å². The maximum Gasteiger partial charge on any atom is 0.235 e. The van der Waals surface area contributed by atoms with Crippen molar-refractivity contribution in [3.05, 3.63) is 23.5 Å². The van der Waals surface area contributed by atoms with Crippen molar-refractivity contribution in [1.29, 1.82) is 0 Å². The molecule has 16 heavy (non-hydrogen) atoms. The summed E-state index contributed by atoms with van der Waals surface area (Å²) in [4.78, 5) is 4.20. The van der Waals surface area contributed by atoms with E-state index in [1.165, 1.54) is 0 Å². The molecule has 0 radical (unpaired) electrons. The van der Waals surface area contributed by atoms with Crippen LogP contribution in [-0.4, -0.2) is 26.3 Å². The first-order valence-corrected chi connectivity index (χ1v) is 5.34. The summed E-state index contributed by atoms with van der Waals surface area (Å²) in [7, 11) is 0. The summed E-state index contributed by atoms with van der Waals surface area (Å²) in [5.41, 5.74) is 2.40. The van der Waals surface area contributed by atoms with Gasteiger partial charge in [-0.05, 0) is 13.3 Å². The minimum atomic E-state index is -0.0280. The van der Waals surface area contributed by atoms with E-state index in [-0.39, 0.29) is 6.61 Å². The van der Waals surface area contributed by atoms with Crippen molar-refractivity contribution in [3.8, 4) is 5.88 Å². The van der Waals surface area contributed by atoms with E-state index in [9.17, 15) is 0 Å². The predicted octanol–water partition coefficient (Wildman–Crippen LogP) is 1.32. The van der Waals surface area contributed by atoms with Crippen molar-refractivity contribution in [2.24, 2.45) is 0 Å². The first-order chi connectivity index (χ1) is 7.76. The average molecular weight is 221 g/mol. The number of aryl methyl sites for hydroxylation is 1. The number of ether oxygens (including phenoxy) is 1. The van der Waals surface area contributed by atoms with Crippen LogP contribution in [0, 0.1) is 6.92 Å². The van der Waals surface area contributed by atoms with Crippen molar-refractivity contribution in [1.82, 2.24) is 14.6 Å². The molecule has 0 saturated carbocycles. The van der Waals surface area contributed by atoms with Gasteiger partial charge in [0.05, 0.1) is 13.2 Å². The molecule has 0 unspecified atom stereocenters. The molecule has 2 aromatic rings. The van der Waals surface area contributed by atoms with Gasteiger partial charge in [-0.15, -0.1) is 5.10 Å². The van der Waals surface area contributed by atoms with Crippen molar-refractivity contribution >= 4 is 5.65 Å². The fourth-order valence-corrected chi connectivity index (χ4v) is 1.49. The number of rotatable bonds is 4. The molecule has 5 nitrogen and oxygen atoms in total. The van der Waals surface area contributed by atoms with Gasteiger partial charge < -0.3 is 9.84 Å². The molecule has 0 fully saturated rings. The highest BCUT2D eigenvalue weighted by Crippen LogP contribution is 2.15. The lowest BCUT2D eigenvalue weighted by atomic mass is 10.2. The van der Waals surface area contributed by atoms with Gasteiger partial charge in [0.15, 0.2) is 5.65 Å². The number of fused-ring (bicyclic) bond motifs is 1. The Balaban J connectivity index is 2.41. The van der Waals surface area contributed by atoms with E-state index in [1.54, 1.807) is 16.8 Å². The Morgan fingerprint density at radius 2 is 2.31 bits per heavy atom. The third-order valence-corrected chi connectivity index (χ3v) is 2.43. The molecule has 86 valence electrons. The Kier molecular flexibility index (Phi) is 3.05. The monoisotopic (exact) mass is 221 g/mol. The molecule has 2 heterocycles. The highest BCUT2D eigenvalue weighted by molar-refractivity contribution is 5.43. The summed E-state index contributed by atoms with van der Waals surface area (Å²) in [5, 5.41) is 13.4. The van der Waals surface area contributed by atoms with Crippen LogP contribution in [0.15, 0.2) is 12.3 Å². The maximum absolute atomic E-state index is 9.11. The van der Waals surface area contributed by atoms with Crippen LogP contribution < -0.4 is 4.74 Å². The van der Waals surface area contributed by atoms with Gasteiger partial charge in [-0.3, -0.25) is 0 Å². The van der Waals surface area contributed by atoms with Gasteiger partial charge in [-0.25, -0.2) is 9.50 Å². The quantitative estimate of drug-likeness (QED) is 0.845. The van der Waals surface area contributed by atoms with Crippen molar-refractivity contribution < 1.29 is 9.84 Å². The van der Waals surface area contributed by atoms with Crippen LogP contribution in [0.4, 0.5) is 0 Å². The third-order valence-electron chi connectivity index (χ3n) is 2.43. The lowest BCUT2D eigenvalue weighted by Crippen LogP contribution is -2.01. The van der Waals surface area contributed by atoms with E-state index in [4.69, 9.17) is 9.84 Å². The van der Waals surface area contributed by atoms with Gasteiger partial charge in [0, 0.05) is 23.5 Å². The van der Waals surface area contributed by atoms with Gasteiger partial charge in [0.2, 0.25) is 5.88 Å². The Morgan fingerprint density at radius 1 is 1.50 bits per heavy atom. The van der Waals surface area contributed by atoms with Gasteiger partial charge in [-0.2, -0.15) is 0 Å². The SMILES string of the molecule is CCCOc1cc2ncc(CO)c(C)n2n1. The minimum Gasteiger partial charge on any atom is -0.477 e. The molecule has 0 aliphatic heterocycles. The first kappa shape index (κ1) is 10.9. The third kappa shape index (κ3) is 1.86. The molecule has 1 N–H and O–H groups in total. The van der Waals surface area contributed by atoms with E-state index in [0.717, 1.165) is 23.3 Å². The molecular weight excluding hydrogens is 206 g/mol. The van der Waals surface area contributed by atoms with Gasteiger partial charge >= 0.3 is 0 Å². The Morgan fingerprint density at radius 3 is 3.00 bits per heavy atom. The van der Waals surface area contributed by atoms with E-state index in [2.05, 4.69) is 10.1 Å². The molecule has 5 heteroatoms. The Labute approximate surface area is 93.7 Å². The number of hydrogen-bond donors (Lipinski definition) is 1. The summed E-state index contributed by atoms with van der Waals surface area (Å²) in [5.74, 6) is 0.576. The van der Waals surface area contributed by atoms with Crippen LogP contribution in [0.1, 0.15) is 24.6 Å². The number of aliphatic hydroxyl groups excluding tert-OH is 1. The molecular formula is C11H15N3O2. The van der Waals surface area contributed by atoms with Crippen LogP contribution in [0.3, 0.4) is 0 Å². The molecule has 0 spiro atoms. The lowest BCUT2D eigenvalue weighted by molar-refractivity contribution is 0.279. The van der Waals surface area contributed by atoms with Crippen molar-refractivity contribution in [3.63, 3.8) is 0 Å².